The fourth-order valence-corrected chi connectivity index (χ4v) is 3.17. The van der Waals surface area contributed by atoms with Gasteiger partial charge in [-0.3, -0.25) is 4.98 Å². The van der Waals surface area contributed by atoms with Crippen LogP contribution < -0.4 is 0 Å². The molecule has 1 aromatic heterocycles. The zero-order valence-corrected chi connectivity index (χ0v) is 11.5. The second kappa shape index (κ2) is 5.08. The molecule has 0 aliphatic heterocycles. The van der Waals surface area contributed by atoms with Crippen molar-refractivity contribution in [3.63, 3.8) is 0 Å². The van der Waals surface area contributed by atoms with E-state index in [0.717, 1.165) is 36.1 Å². The molecule has 102 valence electrons. The molecule has 0 amide bonds. The number of carboxylic acids is 1. The highest BCUT2D eigenvalue weighted by Gasteiger charge is 2.25. The van der Waals surface area contributed by atoms with Crippen LogP contribution in [0.5, 0.6) is 0 Å². The summed E-state index contributed by atoms with van der Waals surface area (Å²) in [7, 11) is 0. The van der Waals surface area contributed by atoms with E-state index in [4.69, 9.17) is 0 Å². The van der Waals surface area contributed by atoms with Crippen molar-refractivity contribution in [2.45, 2.75) is 32.1 Å². The van der Waals surface area contributed by atoms with E-state index in [1.54, 1.807) is 6.07 Å². The number of aromatic carboxylic acids is 1. The largest absolute Gasteiger partial charge is 0.478 e. The molecule has 1 heterocycles. The van der Waals surface area contributed by atoms with Gasteiger partial charge in [0.2, 0.25) is 0 Å². The average Bonchev–Trinajstić information content (AvgIpc) is 2.47. The molecule has 3 heteroatoms. The van der Waals surface area contributed by atoms with Gasteiger partial charge in [0.1, 0.15) is 0 Å². The summed E-state index contributed by atoms with van der Waals surface area (Å²) in [5.74, 6) is -0.638. The third-order valence-corrected chi connectivity index (χ3v) is 4.18. The van der Waals surface area contributed by atoms with Crippen molar-refractivity contribution in [3.05, 3.63) is 64.5 Å². The molecule has 0 saturated heterocycles. The first kappa shape index (κ1) is 12.9. The van der Waals surface area contributed by atoms with Crippen LogP contribution in [0.3, 0.4) is 0 Å². The highest BCUT2D eigenvalue weighted by molar-refractivity contribution is 5.89. The van der Waals surface area contributed by atoms with Gasteiger partial charge in [0.15, 0.2) is 0 Å². The van der Waals surface area contributed by atoms with Gasteiger partial charge in [-0.15, -0.1) is 0 Å². The Morgan fingerprint density at radius 2 is 2.15 bits per heavy atom. The summed E-state index contributed by atoms with van der Waals surface area (Å²) in [6, 6.07) is 9.65. The predicted molar refractivity (Wildman–Crippen MR) is 77.2 cm³/mol. The molecule has 20 heavy (non-hydrogen) atoms. The number of aryl methyl sites for hydroxylation is 1. The van der Waals surface area contributed by atoms with Crippen LogP contribution in [0.1, 0.15) is 51.5 Å². The quantitative estimate of drug-likeness (QED) is 0.905. The maximum absolute atomic E-state index is 11.3. The molecule has 1 aliphatic carbocycles. The van der Waals surface area contributed by atoms with E-state index in [2.05, 4.69) is 11.1 Å². The Balaban J connectivity index is 2.11. The van der Waals surface area contributed by atoms with Crippen LogP contribution in [0.25, 0.3) is 0 Å². The minimum absolute atomic E-state index is 0.222. The van der Waals surface area contributed by atoms with Gasteiger partial charge in [-0.2, -0.15) is 0 Å². The van der Waals surface area contributed by atoms with Crippen molar-refractivity contribution in [2.24, 2.45) is 0 Å². The molecule has 1 N–H and O–H groups in total. The summed E-state index contributed by atoms with van der Waals surface area (Å²) < 4.78 is 0. The first-order valence-corrected chi connectivity index (χ1v) is 6.95. The first-order valence-electron chi connectivity index (χ1n) is 6.95. The van der Waals surface area contributed by atoms with Crippen LogP contribution in [0.4, 0.5) is 0 Å². The lowest BCUT2D eigenvalue weighted by atomic mass is 9.80. The molecular weight excluding hydrogens is 250 g/mol. The summed E-state index contributed by atoms with van der Waals surface area (Å²) in [5.41, 5.74) is 4.77. The second-order valence-corrected chi connectivity index (χ2v) is 5.32. The number of rotatable bonds is 2. The van der Waals surface area contributed by atoms with Crippen molar-refractivity contribution in [1.82, 2.24) is 4.98 Å². The predicted octanol–water partition coefficient (Wildman–Crippen LogP) is 3.56. The summed E-state index contributed by atoms with van der Waals surface area (Å²) >= 11 is 0. The minimum atomic E-state index is -0.860. The Morgan fingerprint density at radius 3 is 2.95 bits per heavy atom. The van der Waals surface area contributed by atoms with Gasteiger partial charge in [-0.1, -0.05) is 18.2 Å². The van der Waals surface area contributed by atoms with Crippen molar-refractivity contribution >= 4 is 5.97 Å². The molecule has 1 aromatic carbocycles. The number of pyridine rings is 1. The molecule has 3 rings (SSSR count). The van der Waals surface area contributed by atoms with E-state index in [0.29, 0.717) is 5.56 Å². The van der Waals surface area contributed by atoms with Crippen molar-refractivity contribution in [3.8, 4) is 0 Å². The van der Waals surface area contributed by atoms with E-state index in [9.17, 15) is 9.90 Å². The zero-order chi connectivity index (χ0) is 14.1. The monoisotopic (exact) mass is 267 g/mol. The van der Waals surface area contributed by atoms with E-state index < -0.39 is 5.97 Å². The number of hydrogen-bond donors (Lipinski definition) is 1. The summed E-state index contributed by atoms with van der Waals surface area (Å²) in [5, 5.41) is 9.27. The molecule has 0 radical (unpaired) electrons. The Hall–Kier alpha value is -2.16. The molecule has 3 nitrogen and oxygen atoms in total. The Bertz CT molecular complexity index is 664. The summed E-state index contributed by atoms with van der Waals surface area (Å²) in [6.45, 7) is 1.90. The third-order valence-electron chi connectivity index (χ3n) is 4.18. The Labute approximate surface area is 118 Å². The SMILES string of the molecule is Cc1c(C(=O)O)cccc1C1CCCc2cccnc21. The zero-order valence-electron chi connectivity index (χ0n) is 11.5. The van der Waals surface area contributed by atoms with Crippen LogP contribution in [0.15, 0.2) is 36.5 Å². The van der Waals surface area contributed by atoms with Gasteiger partial charge in [0.05, 0.1) is 11.3 Å². The maximum Gasteiger partial charge on any atom is 0.335 e. The molecule has 0 fully saturated rings. The fraction of sp³-hybridized carbons (Fsp3) is 0.294. The molecule has 1 atom stereocenters. The lowest BCUT2D eigenvalue weighted by molar-refractivity contribution is 0.0696. The first-order chi connectivity index (χ1) is 9.68. The number of carbonyl (C=O) groups is 1. The maximum atomic E-state index is 11.3. The van der Waals surface area contributed by atoms with Crippen LogP contribution in [0, 0.1) is 6.92 Å². The summed E-state index contributed by atoms with van der Waals surface area (Å²) in [6.07, 6.45) is 5.05. The number of aromatic nitrogens is 1. The van der Waals surface area contributed by atoms with E-state index in [1.807, 2.05) is 31.3 Å². The standard InChI is InChI=1S/C17H17NO2/c1-11-13(7-3-8-14(11)17(19)20)15-9-2-5-12-6-4-10-18-16(12)15/h3-4,6-8,10,15H,2,5,9H2,1H3,(H,19,20). The van der Waals surface area contributed by atoms with Crippen LogP contribution in [-0.2, 0) is 6.42 Å². The third kappa shape index (κ3) is 2.09. The van der Waals surface area contributed by atoms with Gasteiger partial charge in [0.25, 0.3) is 0 Å². The normalized spacial score (nSPS) is 17.6. The summed E-state index contributed by atoms with van der Waals surface area (Å²) in [4.78, 5) is 15.8. The Kier molecular flexibility index (Phi) is 3.26. The molecular formula is C17H17NO2. The fourth-order valence-electron chi connectivity index (χ4n) is 3.17. The molecule has 0 spiro atoms. The number of nitrogens with zero attached hydrogens (tertiary/aromatic N) is 1. The highest BCUT2D eigenvalue weighted by atomic mass is 16.4. The van der Waals surface area contributed by atoms with E-state index in [-0.39, 0.29) is 5.92 Å². The minimum Gasteiger partial charge on any atom is -0.478 e. The van der Waals surface area contributed by atoms with Crippen molar-refractivity contribution < 1.29 is 9.90 Å². The van der Waals surface area contributed by atoms with Crippen LogP contribution in [-0.4, -0.2) is 16.1 Å². The van der Waals surface area contributed by atoms with Crippen molar-refractivity contribution in [1.29, 1.82) is 0 Å². The average molecular weight is 267 g/mol. The van der Waals surface area contributed by atoms with Crippen LogP contribution in [0.2, 0.25) is 0 Å². The van der Waals surface area contributed by atoms with Gasteiger partial charge in [0, 0.05) is 12.1 Å². The lowest BCUT2D eigenvalue weighted by Crippen LogP contribution is -2.15. The molecule has 2 aromatic rings. The Morgan fingerprint density at radius 1 is 1.30 bits per heavy atom. The number of fused-ring (bicyclic) bond motifs is 1. The highest BCUT2D eigenvalue weighted by Crippen LogP contribution is 2.37. The number of benzene rings is 1. The van der Waals surface area contributed by atoms with Gasteiger partial charge in [-0.05, 0) is 55.0 Å². The topological polar surface area (TPSA) is 50.2 Å². The van der Waals surface area contributed by atoms with E-state index >= 15 is 0 Å². The molecule has 0 bridgehead atoms. The van der Waals surface area contributed by atoms with Gasteiger partial charge in [-0.25, -0.2) is 4.79 Å². The molecule has 1 unspecified atom stereocenters. The van der Waals surface area contributed by atoms with Crippen molar-refractivity contribution in [2.75, 3.05) is 0 Å². The number of carboxylic acid groups (broad SMARTS) is 1. The molecule has 0 saturated carbocycles. The lowest BCUT2D eigenvalue weighted by Gasteiger charge is -2.26. The van der Waals surface area contributed by atoms with E-state index in [1.165, 1.54) is 5.56 Å². The number of hydrogen-bond acceptors (Lipinski definition) is 2. The van der Waals surface area contributed by atoms with Crippen LogP contribution >= 0.6 is 0 Å². The second-order valence-electron chi connectivity index (χ2n) is 5.32. The van der Waals surface area contributed by atoms with Gasteiger partial charge >= 0.3 is 5.97 Å². The van der Waals surface area contributed by atoms with Gasteiger partial charge < -0.3 is 5.11 Å². The molecule has 1 aliphatic rings. The smallest absolute Gasteiger partial charge is 0.335 e.